The van der Waals surface area contributed by atoms with Crippen LogP contribution in [0.3, 0.4) is 0 Å². The van der Waals surface area contributed by atoms with Crippen LogP contribution >= 0.6 is 0 Å². The average Bonchev–Trinajstić information content (AvgIpc) is 3.31. The molecular formula is C25H38O5. The fourth-order valence-corrected chi connectivity index (χ4v) is 4.43. The molecule has 0 amide bonds. The lowest BCUT2D eigenvalue weighted by Crippen LogP contribution is -2.21. The number of hydrogen-bond donors (Lipinski definition) is 2. The van der Waals surface area contributed by atoms with Crippen molar-refractivity contribution in [2.24, 2.45) is 17.8 Å². The molecule has 0 bridgehead atoms. The van der Waals surface area contributed by atoms with Crippen molar-refractivity contribution in [3.63, 3.8) is 0 Å². The van der Waals surface area contributed by atoms with E-state index in [-0.39, 0.29) is 30.0 Å². The summed E-state index contributed by atoms with van der Waals surface area (Å²) in [5.41, 5.74) is -0.912. The van der Waals surface area contributed by atoms with Crippen molar-refractivity contribution in [3.8, 4) is 0 Å². The number of aliphatic hydroxyl groups excluding tert-OH is 1. The highest BCUT2D eigenvalue weighted by Crippen LogP contribution is 2.34. The quantitative estimate of drug-likeness (QED) is 0.386. The van der Waals surface area contributed by atoms with E-state index in [1.165, 1.54) is 32.8 Å². The zero-order valence-electron chi connectivity index (χ0n) is 18.5. The molecule has 5 heteroatoms. The summed E-state index contributed by atoms with van der Waals surface area (Å²) in [5.74, 6) is 0.0665. The summed E-state index contributed by atoms with van der Waals surface area (Å²) in [6.07, 6.45) is 19.1. The van der Waals surface area contributed by atoms with Gasteiger partial charge in [-0.25, -0.2) is 0 Å². The van der Waals surface area contributed by atoms with Gasteiger partial charge in [0, 0.05) is 24.7 Å². The predicted octanol–water partition coefficient (Wildman–Crippen LogP) is 4.29. The number of Topliss-reactive ketones (excluding diaryl/α,β-unsaturated/α-hetero) is 1. The largest absolute Gasteiger partial charge is 0.469 e. The Balaban J connectivity index is 1.82. The van der Waals surface area contributed by atoms with E-state index in [1.807, 2.05) is 30.4 Å². The first-order valence-electron chi connectivity index (χ1n) is 11.3. The SMILES string of the molecule is COC(=O)CC/C=C\CC[C@H]1C(=O)C[C@@H](O)[C@@H]1/C=C/C[C@@](C)(O)/C=C/C1CCCC1. The molecule has 4 atom stereocenters. The summed E-state index contributed by atoms with van der Waals surface area (Å²) in [6.45, 7) is 1.80. The molecule has 2 rings (SSSR count). The first-order chi connectivity index (χ1) is 14.3. The topological polar surface area (TPSA) is 83.8 Å². The summed E-state index contributed by atoms with van der Waals surface area (Å²) in [4.78, 5) is 23.4. The van der Waals surface area contributed by atoms with Crippen molar-refractivity contribution in [2.45, 2.75) is 82.8 Å². The van der Waals surface area contributed by atoms with Crippen LogP contribution in [0.5, 0.6) is 0 Å². The summed E-state index contributed by atoms with van der Waals surface area (Å²) in [7, 11) is 1.38. The van der Waals surface area contributed by atoms with E-state index < -0.39 is 11.7 Å². The van der Waals surface area contributed by atoms with Gasteiger partial charge in [0.15, 0.2) is 0 Å². The standard InChI is InChI=1S/C25H38O5/c1-25(29,17-15-19-10-7-8-11-19)16-9-13-21-20(22(26)18-23(21)27)12-5-3-4-6-14-24(28)30-2/h3-4,9,13,15,17,19-21,23,27,29H,5-8,10-12,14,16,18H2,1-2H3/b4-3-,13-9+,17-15+/t20-,21-,23-,25-/m1/s1. The fourth-order valence-electron chi connectivity index (χ4n) is 4.43. The first-order valence-corrected chi connectivity index (χ1v) is 11.3. The lowest BCUT2D eigenvalue weighted by Gasteiger charge is -2.20. The third-order valence-corrected chi connectivity index (χ3v) is 6.30. The number of carbonyl (C=O) groups excluding carboxylic acids is 2. The lowest BCUT2D eigenvalue weighted by molar-refractivity contribution is -0.140. The molecule has 2 fully saturated rings. The van der Waals surface area contributed by atoms with Gasteiger partial charge in [0.25, 0.3) is 0 Å². The Hall–Kier alpha value is -1.72. The number of hydrogen-bond acceptors (Lipinski definition) is 5. The minimum absolute atomic E-state index is 0.105. The van der Waals surface area contributed by atoms with Crippen LogP contribution < -0.4 is 0 Å². The molecule has 2 N–H and O–H groups in total. The fraction of sp³-hybridized carbons (Fsp3) is 0.680. The molecule has 2 aliphatic carbocycles. The molecule has 2 saturated carbocycles. The number of allylic oxidation sites excluding steroid dienone is 3. The number of aliphatic hydroxyl groups is 2. The Labute approximate surface area is 180 Å². The highest BCUT2D eigenvalue weighted by molar-refractivity contribution is 5.84. The van der Waals surface area contributed by atoms with E-state index >= 15 is 0 Å². The van der Waals surface area contributed by atoms with Crippen LogP contribution in [0.25, 0.3) is 0 Å². The molecule has 0 aromatic rings. The number of carbonyl (C=O) groups is 2. The molecule has 0 saturated heterocycles. The molecule has 2 aliphatic rings. The Morgan fingerprint density at radius 3 is 2.57 bits per heavy atom. The molecule has 168 valence electrons. The lowest BCUT2D eigenvalue weighted by atomic mass is 9.88. The van der Waals surface area contributed by atoms with Gasteiger partial charge in [-0.2, -0.15) is 0 Å². The van der Waals surface area contributed by atoms with Crippen molar-refractivity contribution >= 4 is 11.8 Å². The zero-order chi connectivity index (χ0) is 22.0. The van der Waals surface area contributed by atoms with Crippen molar-refractivity contribution < 1.29 is 24.5 Å². The maximum atomic E-state index is 12.3. The molecule has 0 aliphatic heterocycles. The average molecular weight is 419 g/mol. The van der Waals surface area contributed by atoms with Crippen molar-refractivity contribution in [3.05, 3.63) is 36.5 Å². The number of rotatable bonds is 11. The van der Waals surface area contributed by atoms with Gasteiger partial charge >= 0.3 is 5.97 Å². The Morgan fingerprint density at radius 1 is 1.17 bits per heavy atom. The number of esters is 1. The van der Waals surface area contributed by atoms with Crippen LogP contribution in [0, 0.1) is 17.8 Å². The number of ether oxygens (including phenoxy) is 1. The highest BCUT2D eigenvalue weighted by atomic mass is 16.5. The second-order valence-electron chi connectivity index (χ2n) is 8.98. The third-order valence-electron chi connectivity index (χ3n) is 6.30. The highest BCUT2D eigenvalue weighted by Gasteiger charge is 2.39. The molecule has 0 heterocycles. The van der Waals surface area contributed by atoms with Gasteiger partial charge in [0.1, 0.15) is 5.78 Å². The van der Waals surface area contributed by atoms with Crippen LogP contribution in [0.4, 0.5) is 0 Å². The minimum Gasteiger partial charge on any atom is -0.469 e. The van der Waals surface area contributed by atoms with Gasteiger partial charge in [-0.1, -0.05) is 49.3 Å². The van der Waals surface area contributed by atoms with E-state index in [2.05, 4.69) is 10.8 Å². The van der Waals surface area contributed by atoms with Crippen LogP contribution in [0.2, 0.25) is 0 Å². The van der Waals surface area contributed by atoms with Gasteiger partial charge in [0.2, 0.25) is 0 Å². The molecule has 0 aromatic heterocycles. The van der Waals surface area contributed by atoms with Crippen molar-refractivity contribution in [2.75, 3.05) is 7.11 Å². The number of methoxy groups -OCH3 is 1. The maximum absolute atomic E-state index is 12.3. The Bertz CT molecular complexity index is 640. The molecular weight excluding hydrogens is 380 g/mol. The van der Waals surface area contributed by atoms with Crippen molar-refractivity contribution in [1.29, 1.82) is 0 Å². The van der Waals surface area contributed by atoms with Gasteiger partial charge in [-0.05, 0) is 51.4 Å². The van der Waals surface area contributed by atoms with E-state index in [9.17, 15) is 19.8 Å². The maximum Gasteiger partial charge on any atom is 0.305 e. The predicted molar refractivity (Wildman–Crippen MR) is 118 cm³/mol. The molecule has 30 heavy (non-hydrogen) atoms. The minimum atomic E-state index is -0.912. The smallest absolute Gasteiger partial charge is 0.305 e. The van der Waals surface area contributed by atoms with E-state index in [4.69, 9.17) is 0 Å². The Morgan fingerprint density at radius 2 is 1.87 bits per heavy atom. The van der Waals surface area contributed by atoms with E-state index in [0.29, 0.717) is 31.6 Å². The second kappa shape index (κ2) is 12.2. The second-order valence-corrected chi connectivity index (χ2v) is 8.98. The molecule has 0 aromatic carbocycles. The molecule has 0 spiro atoms. The zero-order valence-corrected chi connectivity index (χ0v) is 18.5. The summed E-state index contributed by atoms with van der Waals surface area (Å²) in [5, 5.41) is 20.9. The van der Waals surface area contributed by atoms with Crippen LogP contribution in [-0.4, -0.2) is 40.8 Å². The Kier molecular flexibility index (Phi) is 9.99. The summed E-state index contributed by atoms with van der Waals surface area (Å²) < 4.78 is 4.61. The third kappa shape index (κ3) is 8.19. The molecule has 0 radical (unpaired) electrons. The monoisotopic (exact) mass is 418 g/mol. The van der Waals surface area contributed by atoms with Gasteiger partial charge in [0.05, 0.1) is 18.8 Å². The van der Waals surface area contributed by atoms with Crippen LogP contribution in [0.15, 0.2) is 36.5 Å². The summed E-state index contributed by atoms with van der Waals surface area (Å²) >= 11 is 0. The van der Waals surface area contributed by atoms with E-state index in [0.717, 1.165) is 6.42 Å². The van der Waals surface area contributed by atoms with E-state index in [1.54, 1.807) is 6.92 Å². The normalized spacial score (nSPS) is 27.6. The van der Waals surface area contributed by atoms with Gasteiger partial charge in [-0.3, -0.25) is 9.59 Å². The van der Waals surface area contributed by atoms with Crippen molar-refractivity contribution in [1.82, 2.24) is 0 Å². The molecule has 5 nitrogen and oxygen atoms in total. The van der Waals surface area contributed by atoms with Crippen LogP contribution in [-0.2, 0) is 14.3 Å². The summed E-state index contributed by atoms with van der Waals surface area (Å²) in [6, 6.07) is 0. The number of ketones is 1. The van der Waals surface area contributed by atoms with Crippen LogP contribution in [0.1, 0.15) is 71.1 Å². The van der Waals surface area contributed by atoms with Gasteiger partial charge in [-0.15, -0.1) is 0 Å². The first kappa shape index (κ1) is 24.5. The van der Waals surface area contributed by atoms with Gasteiger partial charge < -0.3 is 14.9 Å². The molecule has 0 unspecified atom stereocenters.